The molecule has 8 nitrogen and oxygen atoms in total. The van der Waals surface area contributed by atoms with Crippen LogP contribution in [-0.4, -0.2) is 55.7 Å². The summed E-state index contributed by atoms with van der Waals surface area (Å²) < 4.78 is 22.2. The Hall–Kier alpha value is -4.30. The predicted molar refractivity (Wildman–Crippen MR) is 147 cm³/mol. The van der Waals surface area contributed by atoms with E-state index in [1.54, 1.807) is 36.4 Å². The van der Waals surface area contributed by atoms with E-state index in [0.29, 0.717) is 47.2 Å². The Kier molecular flexibility index (Phi) is 8.88. The molecule has 1 aliphatic rings. The highest BCUT2D eigenvalue weighted by atomic mass is 16.5. The fourth-order valence-electron chi connectivity index (χ4n) is 4.65. The minimum absolute atomic E-state index is 0.00312. The molecule has 8 heteroatoms. The zero-order valence-electron chi connectivity index (χ0n) is 22.6. The lowest BCUT2D eigenvalue weighted by molar-refractivity contribution is -0.140. The van der Waals surface area contributed by atoms with Gasteiger partial charge in [0.1, 0.15) is 18.1 Å². The van der Waals surface area contributed by atoms with Crippen LogP contribution in [0.2, 0.25) is 0 Å². The molecule has 204 valence electrons. The van der Waals surface area contributed by atoms with Gasteiger partial charge in [-0.25, -0.2) is 0 Å². The van der Waals surface area contributed by atoms with Crippen molar-refractivity contribution in [1.29, 1.82) is 0 Å². The summed E-state index contributed by atoms with van der Waals surface area (Å²) in [4.78, 5) is 27.8. The first-order valence-corrected chi connectivity index (χ1v) is 12.7. The number of ether oxygens (including phenoxy) is 4. The molecule has 1 heterocycles. The van der Waals surface area contributed by atoms with Crippen LogP contribution in [-0.2, 0) is 20.9 Å². The number of aryl methyl sites for hydroxylation is 1. The molecule has 1 atom stereocenters. The summed E-state index contributed by atoms with van der Waals surface area (Å²) in [6.07, 6.45) is 0. The fraction of sp³-hybridized carbons (Fsp3) is 0.290. The van der Waals surface area contributed by atoms with E-state index in [4.69, 9.17) is 18.9 Å². The molecule has 1 fully saturated rings. The van der Waals surface area contributed by atoms with Gasteiger partial charge in [0.2, 0.25) is 0 Å². The van der Waals surface area contributed by atoms with Crippen LogP contribution in [0.25, 0.3) is 5.76 Å². The molecule has 4 rings (SSSR count). The van der Waals surface area contributed by atoms with E-state index in [1.165, 1.54) is 19.1 Å². The maximum absolute atomic E-state index is 13.3. The third kappa shape index (κ3) is 5.91. The first-order chi connectivity index (χ1) is 18.9. The number of ketones is 1. The number of methoxy groups -OCH3 is 2. The zero-order valence-corrected chi connectivity index (χ0v) is 22.6. The van der Waals surface area contributed by atoms with Crippen LogP contribution in [0.4, 0.5) is 0 Å². The molecular weight excluding hydrogens is 498 g/mol. The summed E-state index contributed by atoms with van der Waals surface area (Å²) in [5.41, 5.74) is 2.78. The molecular formula is C31H33NO7. The Labute approximate surface area is 228 Å². The highest BCUT2D eigenvalue weighted by molar-refractivity contribution is 6.46. The van der Waals surface area contributed by atoms with Gasteiger partial charge in [0, 0.05) is 19.2 Å². The fourth-order valence-corrected chi connectivity index (χ4v) is 4.65. The van der Waals surface area contributed by atoms with Crippen molar-refractivity contribution in [2.45, 2.75) is 26.5 Å². The van der Waals surface area contributed by atoms with Crippen molar-refractivity contribution >= 4 is 17.4 Å². The number of aliphatic hydroxyl groups excluding tert-OH is 1. The van der Waals surface area contributed by atoms with Gasteiger partial charge in [-0.05, 0) is 60.9 Å². The largest absolute Gasteiger partial charge is 0.507 e. The number of Topliss-reactive ketones (excluding diaryl/α,β-unsaturated/α-hetero) is 1. The van der Waals surface area contributed by atoms with Crippen molar-refractivity contribution < 1.29 is 33.6 Å². The Morgan fingerprint density at radius 3 is 2.38 bits per heavy atom. The lowest BCUT2D eigenvalue weighted by atomic mass is 9.93. The van der Waals surface area contributed by atoms with Gasteiger partial charge in [0.25, 0.3) is 11.7 Å². The van der Waals surface area contributed by atoms with Crippen molar-refractivity contribution in [3.05, 3.63) is 94.6 Å². The molecule has 3 aromatic carbocycles. The normalized spacial score (nSPS) is 16.4. The summed E-state index contributed by atoms with van der Waals surface area (Å²) in [6, 6.07) is 19.4. The number of amides is 1. The van der Waals surface area contributed by atoms with Crippen LogP contribution < -0.4 is 14.2 Å². The van der Waals surface area contributed by atoms with E-state index in [0.717, 1.165) is 5.56 Å². The summed E-state index contributed by atoms with van der Waals surface area (Å²) in [6.45, 7) is 4.93. The number of benzene rings is 3. The van der Waals surface area contributed by atoms with Crippen LogP contribution in [0.15, 0.2) is 72.3 Å². The SMILES string of the molecule is CCOc1ccc([C@H]2C(=C(O)c3ccc(OCc4ccccc4)cc3C)C(=O)C(=O)N2CCOC)cc1OC. The van der Waals surface area contributed by atoms with E-state index in [1.807, 2.05) is 44.2 Å². The molecule has 0 spiro atoms. The standard InChI is InChI=1S/C31H33NO7/c1-5-38-25-14-11-22(18-26(25)37-4)28-27(30(34)31(35)32(28)15-16-36-3)29(33)24-13-12-23(17-20(24)2)39-19-21-9-7-6-8-10-21/h6-14,17-18,28,33H,5,15-16,19H2,1-4H3/t28-/m0/s1. The number of carbonyl (C=O) groups is 2. The van der Waals surface area contributed by atoms with Crippen molar-refractivity contribution in [2.75, 3.05) is 34.0 Å². The average Bonchev–Trinajstić information content (AvgIpc) is 3.20. The lowest BCUT2D eigenvalue weighted by Gasteiger charge is -2.26. The summed E-state index contributed by atoms with van der Waals surface area (Å²) in [5.74, 6) is -0.0843. The van der Waals surface area contributed by atoms with Crippen LogP contribution >= 0.6 is 0 Å². The van der Waals surface area contributed by atoms with E-state index in [2.05, 4.69) is 0 Å². The first-order valence-electron chi connectivity index (χ1n) is 12.7. The number of likely N-dealkylation sites (tertiary alicyclic amines) is 1. The number of aliphatic hydroxyl groups is 1. The molecule has 1 N–H and O–H groups in total. The first kappa shape index (κ1) is 27.7. The van der Waals surface area contributed by atoms with Gasteiger partial charge >= 0.3 is 0 Å². The lowest BCUT2D eigenvalue weighted by Crippen LogP contribution is -2.32. The van der Waals surface area contributed by atoms with Gasteiger partial charge in [-0.1, -0.05) is 36.4 Å². The van der Waals surface area contributed by atoms with Gasteiger partial charge in [0.05, 0.1) is 31.9 Å². The Morgan fingerprint density at radius 1 is 0.949 bits per heavy atom. The molecule has 3 aromatic rings. The van der Waals surface area contributed by atoms with Crippen LogP contribution in [0.5, 0.6) is 17.2 Å². The van der Waals surface area contributed by atoms with Gasteiger partial charge in [-0.3, -0.25) is 9.59 Å². The second-order valence-electron chi connectivity index (χ2n) is 9.08. The molecule has 0 aliphatic carbocycles. The third-order valence-corrected chi connectivity index (χ3v) is 6.58. The molecule has 0 saturated carbocycles. The maximum Gasteiger partial charge on any atom is 0.295 e. The maximum atomic E-state index is 13.3. The van der Waals surface area contributed by atoms with E-state index in [9.17, 15) is 14.7 Å². The predicted octanol–water partition coefficient (Wildman–Crippen LogP) is 5.05. The highest BCUT2D eigenvalue weighted by Crippen LogP contribution is 2.42. The summed E-state index contributed by atoms with van der Waals surface area (Å²) in [7, 11) is 3.05. The topological polar surface area (TPSA) is 94.5 Å². The molecule has 1 amide bonds. The van der Waals surface area contributed by atoms with Gasteiger partial charge in [-0.2, -0.15) is 0 Å². The highest BCUT2D eigenvalue weighted by Gasteiger charge is 2.46. The summed E-state index contributed by atoms with van der Waals surface area (Å²) >= 11 is 0. The number of nitrogens with zero attached hydrogens (tertiary/aromatic N) is 1. The molecule has 1 saturated heterocycles. The van der Waals surface area contributed by atoms with Crippen molar-refractivity contribution in [2.24, 2.45) is 0 Å². The van der Waals surface area contributed by atoms with E-state index < -0.39 is 17.7 Å². The van der Waals surface area contributed by atoms with Gasteiger partial charge < -0.3 is 29.0 Å². The quantitative estimate of drug-likeness (QED) is 0.210. The molecule has 39 heavy (non-hydrogen) atoms. The zero-order chi connectivity index (χ0) is 27.9. The molecule has 0 aromatic heterocycles. The Morgan fingerprint density at radius 2 is 1.72 bits per heavy atom. The minimum Gasteiger partial charge on any atom is -0.507 e. The average molecular weight is 532 g/mol. The molecule has 1 aliphatic heterocycles. The van der Waals surface area contributed by atoms with Crippen molar-refractivity contribution in [3.63, 3.8) is 0 Å². The number of rotatable bonds is 11. The minimum atomic E-state index is -0.835. The molecule has 0 bridgehead atoms. The molecule has 0 unspecified atom stereocenters. The second kappa shape index (κ2) is 12.5. The number of hydrogen-bond acceptors (Lipinski definition) is 7. The van der Waals surface area contributed by atoms with Crippen molar-refractivity contribution in [1.82, 2.24) is 4.90 Å². The van der Waals surface area contributed by atoms with E-state index >= 15 is 0 Å². The monoisotopic (exact) mass is 531 g/mol. The molecule has 0 radical (unpaired) electrons. The third-order valence-electron chi connectivity index (χ3n) is 6.58. The van der Waals surface area contributed by atoms with Gasteiger partial charge in [0.15, 0.2) is 11.5 Å². The summed E-state index contributed by atoms with van der Waals surface area (Å²) in [5, 5.41) is 11.5. The van der Waals surface area contributed by atoms with E-state index in [-0.39, 0.29) is 24.5 Å². The Bertz CT molecular complexity index is 1370. The number of carbonyl (C=O) groups excluding carboxylic acids is 2. The van der Waals surface area contributed by atoms with Crippen LogP contribution in [0.3, 0.4) is 0 Å². The number of hydrogen-bond donors (Lipinski definition) is 1. The second-order valence-corrected chi connectivity index (χ2v) is 9.08. The Balaban J connectivity index is 1.74. The van der Waals surface area contributed by atoms with Crippen molar-refractivity contribution in [3.8, 4) is 17.2 Å². The van der Waals surface area contributed by atoms with Gasteiger partial charge in [-0.15, -0.1) is 0 Å². The van der Waals surface area contributed by atoms with Crippen LogP contribution in [0.1, 0.15) is 35.2 Å². The smallest absolute Gasteiger partial charge is 0.295 e. The van der Waals surface area contributed by atoms with Crippen LogP contribution in [0, 0.1) is 6.92 Å².